The summed E-state index contributed by atoms with van der Waals surface area (Å²) >= 11 is 11.6. The van der Waals surface area contributed by atoms with Gasteiger partial charge < -0.3 is 0 Å². The number of rotatable bonds is 4. The normalized spacial score (nSPS) is 10.6. The van der Waals surface area contributed by atoms with Gasteiger partial charge in [0.25, 0.3) is 0 Å². The van der Waals surface area contributed by atoms with E-state index in [1.54, 1.807) is 6.07 Å². The number of benzene rings is 1. The first-order valence-corrected chi connectivity index (χ1v) is 5.81. The van der Waals surface area contributed by atoms with E-state index in [1.807, 2.05) is 18.2 Å². The first-order chi connectivity index (χ1) is 7.81. The number of tetrazole rings is 1. The average molecular weight is 257 g/mol. The van der Waals surface area contributed by atoms with E-state index < -0.39 is 0 Å². The summed E-state index contributed by atoms with van der Waals surface area (Å²) in [5, 5.41) is 12.7. The van der Waals surface area contributed by atoms with Gasteiger partial charge in [-0.3, -0.25) is 0 Å². The van der Waals surface area contributed by atoms with E-state index in [0.29, 0.717) is 23.3 Å². The molecule has 84 valence electrons. The van der Waals surface area contributed by atoms with Crippen LogP contribution in [0.15, 0.2) is 24.3 Å². The van der Waals surface area contributed by atoms with Crippen LogP contribution in [0.5, 0.6) is 0 Å². The minimum Gasteiger partial charge on any atom is -0.164 e. The van der Waals surface area contributed by atoms with Gasteiger partial charge in [0.1, 0.15) is 0 Å². The highest BCUT2D eigenvalue weighted by Gasteiger charge is 2.08. The van der Waals surface area contributed by atoms with Crippen LogP contribution >= 0.6 is 23.2 Å². The number of aryl methyl sites for hydroxylation is 1. The van der Waals surface area contributed by atoms with Crippen LogP contribution in [-0.2, 0) is 6.54 Å². The molecular formula is C10H10Cl2N4. The summed E-state index contributed by atoms with van der Waals surface area (Å²) in [6.07, 6.45) is 0.819. The van der Waals surface area contributed by atoms with E-state index in [0.717, 1.165) is 12.0 Å². The standard InChI is InChI=1S/C10H10Cl2N4/c11-6-3-7-16-14-10(13-15-16)8-4-1-2-5-9(8)12/h1-2,4-5H,3,6-7H2. The van der Waals surface area contributed by atoms with E-state index in [9.17, 15) is 0 Å². The Morgan fingerprint density at radius 1 is 1.25 bits per heavy atom. The lowest BCUT2D eigenvalue weighted by Gasteiger charge is -1.97. The van der Waals surface area contributed by atoms with Crippen molar-refractivity contribution in [1.29, 1.82) is 0 Å². The minimum atomic E-state index is 0.542. The number of alkyl halides is 1. The molecule has 0 amide bonds. The molecule has 6 heteroatoms. The Bertz CT molecular complexity index is 469. The summed E-state index contributed by atoms with van der Waals surface area (Å²) in [7, 11) is 0. The predicted octanol–water partition coefficient (Wildman–Crippen LogP) is 2.62. The molecule has 0 N–H and O–H groups in total. The molecule has 0 saturated heterocycles. The van der Waals surface area contributed by atoms with Crippen LogP contribution in [0.4, 0.5) is 0 Å². The number of hydrogen-bond donors (Lipinski definition) is 0. The van der Waals surface area contributed by atoms with Crippen molar-refractivity contribution >= 4 is 23.2 Å². The Morgan fingerprint density at radius 2 is 2.06 bits per heavy atom. The molecule has 0 fully saturated rings. The van der Waals surface area contributed by atoms with Gasteiger partial charge in [-0.1, -0.05) is 23.7 Å². The van der Waals surface area contributed by atoms with Crippen LogP contribution in [0, 0.1) is 0 Å². The molecule has 1 heterocycles. The monoisotopic (exact) mass is 256 g/mol. The van der Waals surface area contributed by atoms with Gasteiger partial charge in [0.05, 0.1) is 11.6 Å². The van der Waals surface area contributed by atoms with Gasteiger partial charge in [0.15, 0.2) is 0 Å². The predicted molar refractivity (Wildman–Crippen MR) is 63.6 cm³/mol. The molecule has 0 aliphatic rings. The van der Waals surface area contributed by atoms with Crippen molar-refractivity contribution in [3.63, 3.8) is 0 Å². The van der Waals surface area contributed by atoms with Gasteiger partial charge in [-0.05, 0) is 23.8 Å². The molecule has 4 nitrogen and oxygen atoms in total. The molecule has 0 spiro atoms. The Labute approximate surface area is 103 Å². The molecule has 0 bridgehead atoms. The van der Waals surface area contributed by atoms with Crippen molar-refractivity contribution in [2.24, 2.45) is 0 Å². The number of hydrogen-bond acceptors (Lipinski definition) is 3. The van der Waals surface area contributed by atoms with Crippen molar-refractivity contribution < 1.29 is 0 Å². The maximum atomic E-state index is 6.03. The number of aromatic nitrogens is 4. The molecule has 0 aliphatic carbocycles. The molecule has 16 heavy (non-hydrogen) atoms. The van der Waals surface area contributed by atoms with Crippen molar-refractivity contribution in [1.82, 2.24) is 20.2 Å². The second-order valence-electron chi connectivity index (χ2n) is 3.23. The number of nitrogens with zero attached hydrogens (tertiary/aromatic N) is 4. The molecule has 1 aromatic carbocycles. The molecule has 1 aromatic heterocycles. The third-order valence-electron chi connectivity index (χ3n) is 2.06. The van der Waals surface area contributed by atoms with E-state index >= 15 is 0 Å². The lowest BCUT2D eigenvalue weighted by atomic mass is 10.2. The van der Waals surface area contributed by atoms with Crippen molar-refractivity contribution in [2.75, 3.05) is 5.88 Å². The van der Waals surface area contributed by atoms with Crippen LogP contribution in [0.1, 0.15) is 6.42 Å². The van der Waals surface area contributed by atoms with Crippen molar-refractivity contribution in [3.8, 4) is 11.4 Å². The van der Waals surface area contributed by atoms with Crippen LogP contribution in [-0.4, -0.2) is 26.1 Å². The Balaban J connectivity index is 2.22. The zero-order chi connectivity index (χ0) is 11.4. The van der Waals surface area contributed by atoms with Crippen molar-refractivity contribution in [2.45, 2.75) is 13.0 Å². The SMILES string of the molecule is ClCCCn1nnc(-c2ccccc2Cl)n1. The summed E-state index contributed by atoms with van der Waals surface area (Å²) in [6, 6.07) is 7.42. The van der Waals surface area contributed by atoms with Crippen LogP contribution in [0.3, 0.4) is 0 Å². The maximum Gasteiger partial charge on any atom is 0.206 e. The third-order valence-corrected chi connectivity index (χ3v) is 2.66. The summed E-state index contributed by atoms with van der Waals surface area (Å²) in [5.74, 6) is 1.13. The first-order valence-electron chi connectivity index (χ1n) is 4.90. The molecule has 0 atom stereocenters. The quantitative estimate of drug-likeness (QED) is 0.791. The fourth-order valence-corrected chi connectivity index (χ4v) is 1.63. The second kappa shape index (κ2) is 5.27. The van der Waals surface area contributed by atoms with E-state index in [4.69, 9.17) is 23.2 Å². The Kier molecular flexibility index (Phi) is 3.74. The van der Waals surface area contributed by atoms with Gasteiger partial charge in [0, 0.05) is 11.4 Å². The highest BCUT2D eigenvalue weighted by Crippen LogP contribution is 2.23. The largest absolute Gasteiger partial charge is 0.206 e. The summed E-state index contributed by atoms with van der Waals surface area (Å²) < 4.78 is 0. The highest BCUT2D eigenvalue weighted by molar-refractivity contribution is 6.33. The van der Waals surface area contributed by atoms with Gasteiger partial charge in [-0.2, -0.15) is 4.80 Å². The zero-order valence-corrected chi connectivity index (χ0v) is 9.99. The average Bonchev–Trinajstić information content (AvgIpc) is 2.75. The molecule has 0 radical (unpaired) electrons. The maximum absolute atomic E-state index is 6.03. The Morgan fingerprint density at radius 3 is 2.81 bits per heavy atom. The number of halogens is 2. The molecule has 0 aliphatic heterocycles. The molecule has 0 unspecified atom stereocenters. The van der Waals surface area contributed by atoms with Crippen LogP contribution in [0.2, 0.25) is 5.02 Å². The highest BCUT2D eigenvalue weighted by atomic mass is 35.5. The molecular weight excluding hydrogens is 247 g/mol. The smallest absolute Gasteiger partial charge is 0.164 e. The molecule has 0 saturated carbocycles. The van der Waals surface area contributed by atoms with Gasteiger partial charge in [0.2, 0.25) is 5.82 Å². The van der Waals surface area contributed by atoms with Gasteiger partial charge >= 0.3 is 0 Å². The van der Waals surface area contributed by atoms with Gasteiger partial charge in [-0.15, -0.1) is 21.8 Å². The van der Waals surface area contributed by atoms with Gasteiger partial charge in [-0.25, -0.2) is 0 Å². The van der Waals surface area contributed by atoms with E-state index in [-0.39, 0.29) is 0 Å². The molecule has 2 aromatic rings. The zero-order valence-electron chi connectivity index (χ0n) is 8.48. The van der Waals surface area contributed by atoms with Crippen LogP contribution in [0.25, 0.3) is 11.4 Å². The summed E-state index contributed by atoms with van der Waals surface area (Å²) in [6.45, 7) is 0.668. The Hall–Kier alpha value is -1.13. The first kappa shape index (κ1) is 11.4. The third kappa shape index (κ3) is 2.51. The fraction of sp³-hybridized carbons (Fsp3) is 0.300. The summed E-state index contributed by atoms with van der Waals surface area (Å²) in [5.41, 5.74) is 0.793. The minimum absolute atomic E-state index is 0.542. The lowest BCUT2D eigenvalue weighted by Crippen LogP contribution is -2.02. The topological polar surface area (TPSA) is 43.6 Å². The second-order valence-corrected chi connectivity index (χ2v) is 4.02. The van der Waals surface area contributed by atoms with E-state index in [2.05, 4.69) is 15.4 Å². The lowest BCUT2D eigenvalue weighted by molar-refractivity contribution is 0.516. The fourth-order valence-electron chi connectivity index (χ4n) is 1.29. The molecule has 2 rings (SSSR count). The van der Waals surface area contributed by atoms with Crippen LogP contribution < -0.4 is 0 Å². The van der Waals surface area contributed by atoms with E-state index in [1.165, 1.54) is 4.80 Å². The van der Waals surface area contributed by atoms with Crippen molar-refractivity contribution in [3.05, 3.63) is 29.3 Å². The summed E-state index contributed by atoms with van der Waals surface area (Å²) in [4.78, 5) is 1.53.